The van der Waals surface area contributed by atoms with E-state index in [0.29, 0.717) is 0 Å². The fourth-order valence-electron chi connectivity index (χ4n) is 2.68. The van der Waals surface area contributed by atoms with Crippen molar-refractivity contribution >= 4 is 77.2 Å². The third kappa shape index (κ3) is 7.75. The van der Waals surface area contributed by atoms with Crippen molar-refractivity contribution in [1.82, 2.24) is 0 Å². The van der Waals surface area contributed by atoms with Crippen LogP contribution in [0.3, 0.4) is 0 Å². The molecule has 0 aliphatic heterocycles. The van der Waals surface area contributed by atoms with Gasteiger partial charge in [-0.2, -0.15) is 130 Å². The van der Waals surface area contributed by atoms with Crippen LogP contribution in [-0.4, -0.2) is 83.6 Å². The monoisotopic (exact) mass is 915 g/mol. The Hall–Kier alpha value is -2.94. The maximum atomic E-state index is 13.3. The Morgan fingerprint density at radius 3 is 0.451 bits per heavy atom. The molecule has 0 N–H and O–H groups in total. The van der Waals surface area contributed by atoms with Gasteiger partial charge in [-0.3, -0.25) is 0 Å². The second kappa shape index (κ2) is 12.3. The molecule has 300 valence electrons. The van der Waals surface area contributed by atoms with Crippen LogP contribution in [-0.2, 0) is 60.1 Å². The van der Waals surface area contributed by atoms with E-state index in [1.54, 1.807) is 0 Å². The summed E-state index contributed by atoms with van der Waals surface area (Å²) >= 11 is 0. The van der Waals surface area contributed by atoms with Crippen molar-refractivity contribution in [2.24, 2.45) is 0 Å². The fraction of sp³-hybridized carbons (Fsp3) is 0.500. The molecule has 0 saturated heterocycles. The minimum Gasteiger partial charge on any atom is -0.196 e. The number of benzene rings is 1. The van der Waals surface area contributed by atoms with Gasteiger partial charge in [0.1, 0.15) is 0 Å². The van der Waals surface area contributed by atoms with Crippen molar-refractivity contribution in [1.29, 1.82) is 0 Å². The van der Waals surface area contributed by atoms with Gasteiger partial charge >= 0.3 is 93.2 Å². The zero-order valence-corrected chi connectivity index (χ0v) is 26.6. The van der Waals surface area contributed by atoms with E-state index in [0.717, 1.165) is 0 Å². The van der Waals surface area contributed by atoms with Crippen molar-refractivity contribution in [2.45, 2.75) is 33.0 Å². The van der Waals surface area contributed by atoms with Crippen LogP contribution in [0.4, 0.5) is 96.1 Å². The first-order valence-corrected chi connectivity index (χ1v) is 18.8. The molecular formula is C12H3F18N3O12S6. The van der Waals surface area contributed by atoms with Crippen molar-refractivity contribution in [3.63, 3.8) is 0 Å². The molecule has 0 spiro atoms. The predicted molar refractivity (Wildman–Crippen MR) is 124 cm³/mol. The Bertz CT molecular complexity index is 1820. The highest BCUT2D eigenvalue weighted by molar-refractivity contribution is 8.12. The summed E-state index contributed by atoms with van der Waals surface area (Å²) in [5.74, 6) is 0. The average molecular weight is 916 g/mol. The first-order valence-electron chi connectivity index (χ1n) is 10.1. The van der Waals surface area contributed by atoms with Crippen LogP contribution in [0.5, 0.6) is 0 Å². The van der Waals surface area contributed by atoms with Gasteiger partial charge in [0.2, 0.25) is 0 Å². The number of halogens is 18. The maximum Gasteiger partial charge on any atom is 0.517 e. The highest BCUT2D eigenvalue weighted by Gasteiger charge is 2.66. The molecule has 51 heavy (non-hydrogen) atoms. The molecule has 0 saturated carbocycles. The number of sulfonamides is 6. The summed E-state index contributed by atoms with van der Waals surface area (Å²) in [6.07, 6.45) is 0. The SMILES string of the molecule is O=S(=O)(N(c1cc(N(S(=O)(=O)C(F)(F)F)S(=O)(=O)C(F)(F)F)cc(N(S(=O)(=O)C(F)(F)F)S(=O)(=O)C(F)(F)F)c1)S(=O)(=O)C(F)(F)F)C(F)(F)F. The minimum absolute atomic E-state index is 1.90. The molecule has 0 heterocycles. The molecule has 0 aliphatic carbocycles. The molecule has 0 unspecified atom stereocenters. The third-order valence-corrected chi connectivity index (χ3v) is 15.5. The van der Waals surface area contributed by atoms with E-state index in [4.69, 9.17) is 0 Å². The smallest absolute Gasteiger partial charge is 0.196 e. The van der Waals surface area contributed by atoms with Crippen LogP contribution >= 0.6 is 0 Å². The van der Waals surface area contributed by atoms with Crippen LogP contribution in [0.15, 0.2) is 18.2 Å². The van der Waals surface area contributed by atoms with Crippen LogP contribution in [0, 0.1) is 0 Å². The molecule has 0 amide bonds. The predicted octanol–water partition coefficient (Wildman–Crippen LogP) is 3.20. The summed E-state index contributed by atoms with van der Waals surface area (Å²) in [6.45, 7) is 0. The molecule has 0 fully saturated rings. The van der Waals surface area contributed by atoms with Gasteiger partial charge in [-0.25, -0.2) is 0 Å². The number of hydrogen-bond donors (Lipinski definition) is 0. The summed E-state index contributed by atoms with van der Waals surface area (Å²) in [5, 5.41) is 0. The van der Waals surface area contributed by atoms with Crippen LogP contribution in [0.25, 0.3) is 0 Å². The largest absolute Gasteiger partial charge is 0.517 e. The molecular weight excluding hydrogens is 913 g/mol. The zero-order valence-electron chi connectivity index (χ0n) is 21.7. The number of hydrogen-bond acceptors (Lipinski definition) is 12. The lowest BCUT2D eigenvalue weighted by Gasteiger charge is -2.31. The average Bonchev–Trinajstić information content (AvgIpc) is 2.78. The minimum atomic E-state index is -8.67. The molecule has 0 aromatic heterocycles. The first kappa shape index (κ1) is 46.1. The molecule has 0 aliphatic rings. The van der Waals surface area contributed by atoms with Gasteiger partial charge in [-0.1, -0.05) is 0 Å². The van der Waals surface area contributed by atoms with Gasteiger partial charge in [0.15, 0.2) is 0 Å². The Balaban J connectivity index is 5.23. The van der Waals surface area contributed by atoms with Gasteiger partial charge in [0.05, 0.1) is 17.1 Å². The summed E-state index contributed by atoms with van der Waals surface area (Å²) in [7, 11) is -52.0. The fourth-order valence-corrected chi connectivity index (χ4v) is 10.7. The van der Waals surface area contributed by atoms with Gasteiger partial charge in [-0.05, 0) is 18.2 Å². The van der Waals surface area contributed by atoms with Gasteiger partial charge < -0.3 is 0 Å². The summed E-state index contributed by atoms with van der Waals surface area (Å²) in [4.78, 5) is 0. The number of rotatable bonds is 9. The van der Waals surface area contributed by atoms with Crippen LogP contribution in [0.2, 0.25) is 0 Å². The lowest BCUT2D eigenvalue weighted by Crippen LogP contribution is -2.51. The van der Waals surface area contributed by atoms with Gasteiger partial charge in [0, 0.05) is 0 Å². The number of nitrogens with zero attached hydrogens (tertiary/aromatic N) is 3. The molecule has 1 aromatic rings. The maximum absolute atomic E-state index is 13.3. The van der Waals surface area contributed by atoms with E-state index in [-0.39, 0.29) is 0 Å². The Morgan fingerprint density at radius 2 is 0.373 bits per heavy atom. The molecule has 1 rings (SSSR count). The topological polar surface area (TPSA) is 215 Å². The second-order valence-electron chi connectivity index (χ2n) is 8.00. The van der Waals surface area contributed by atoms with Crippen LogP contribution in [0.1, 0.15) is 0 Å². The summed E-state index contributed by atoms with van der Waals surface area (Å²) in [5.41, 5.74) is -57.2. The molecule has 0 bridgehead atoms. The quantitative estimate of drug-likeness (QED) is 0.327. The standard InChI is InChI=1S/C12H3F18N3O12S6/c13-7(14,15)46(34,35)31(47(36,37)8(16,17)18)4-1-5(32(48(38,39)9(19,20)21)49(40,41)10(22,23)24)3-6(2-4)33(50(42,43)11(25,26)27)51(44,45)12(28,29)30/h1-3H. The number of alkyl halides is 18. The highest BCUT2D eigenvalue weighted by Crippen LogP contribution is 2.47. The Morgan fingerprint density at radius 1 is 0.275 bits per heavy atom. The molecule has 0 atom stereocenters. The molecule has 15 nitrogen and oxygen atoms in total. The lowest BCUT2D eigenvalue weighted by molar-refractivity contribution is -0.0473. The second-order valence-corrected chi connectivity index (χ2v) is 19.4. The van der Waals surface area contributed by atoms with E-state index in [1.165, 1.54) is 0 Å². The highest BCUT2D eigenvalue weighted by atomic mass is 32.3. The molecule has 39 heteroatoms. The van der Waals surface area contributed by atoms with E-state index < -0.39 is 140 Å². The lowest BCUT2D eigenvalue weighted by atomic mass is 10.2. The van der Waals surface area contributed by atoms with Crippen molar-refractivity contribution in [3.05, 3.63) is 18.2 Å². The van der Waals surface area contributed by atoms with Crippen molar-refractivity contribution in [3.8, 4) is 0 Å². The van der Waals surface area contributed by atoms with E-state index >= 15 is 0 Å². The van der Waals surface area contributed by atoms with Gasteiger partial charge in [-0.15, -0.1) is 11.1 Å². The van der Waals surface area contributed by atoms with Gasteiger partial charge in [0.25, 0.3) is 0 Å². The van der Waals surface area contributed by atoms with E-state index in [2.05, 4.69) is 0 Å². The Kier molecular flexibility index (Phi) is 11.1. The Labute approximate surface area is 268 Å². The van der Waals surface area contributed by atoms with E-state index in [9.17, 15) is 130 Å². The number of anilines is 3. The third-order valence-electron chi connectivity index (χ3n) is 4.58. The zero-order chi connectivity index (χ0) is 41.6. The normalized spacial score (nSPS) is 15.4. The van der Waals surface area contributed by atoms with Crippen molar-refractivity contribution in [2.75, 3.05) is 11.1 Å². The molecule has 1 aromatic carbocycles. The van der Waals surface area contributed by atoms with E-state index in [1.807, 2.05) is 0 Å². The first-order chi connectivity index (χ1) is 21.7. The summed E-state index contributed by atoms with van der Waals surface area (Å²) < 4.78 is 373. The molecule has 0 radical (unpaired) electrons. The van der Waals surface area contributed by atoms with Crippen LogP contribution < -0.4 is 11.1 Å². The van der Waals surface area contributed by atoms with Crippen molar-refractivity contribution < 1.29 is 130 Å². The summed E-state index contributed by atoms with van der Waals surface area (Å²) in [6, 6.07) is -5.70.